The number of unbranched alkanes of at least 4 members (excludes halogenated alkanes) is 1. The second-order valence-corrected chi connectivity index (χ2v) is 5.97. The van der Waals surface area contributed by atoms with Gasteiger partial charge in [0.25, 0.3) is 11.5 Å². The molecule has 0 aliphatic carbocycles. The Hall–Kier alpha value is -2.95. The molecule has 3 aromatic rings. The highest BCUT2D eigenvalue weighted by Gasteiger charge is 2.22. The summed E-state index contributed by atoms with van der Waals surface area (Å²) >= 11 is 0. The molecule has 5 heteroatoms. The Morgan fingerprint density at radius 1 is 1.04 bits per heavy atom. The fraction of sp³-hybridized carbons (Fsp3) is 0.250. The highest BCUT2D eigenvalue weighted by atomic mass is 16.2. The summed E-state index contributed by atoms with van der Waals surface area (Å²) in [6, 6.07) is 16.7. The van der Waals surface area contributed by atoms with E-state index in [0.717, 1.165) is 18.5 Å². The number of amides is 1. The van der Waals surface area contributed by atoms with E-state index in [1.807, 2.05) is 36.4 Å². The molecule has 0 unspecified atom stereocenters. The van der Waals surface area contributed by atoms with Crippen LogP contribution in [0.15, 0.2) is 59.4 Å². The number of hydrogen-bond donors (Lipinski definition) is 0. The van der Waals surface area contributed by atoms with Gasteiger partial charge in [0.05, 0.1) is 5.39 Å². The van der Waals surface area contributed by atoms with Crippen LogP contribution in [-0.2, 0) is 7.05 Å². The first-order chi connectivity index (χ1) is 12.1. The lowest BCUT2D eigenvalue weighted by Crippen LogP contribution is -2.34. The number of carbonyl (C=O) groups is 1. The second-order valence-electron chi connectivity index (χ2n) is 5.97. The molecule has 25 heavy (non-hydrogen) atoms. The quantitative estimate of drug-likeness (QED) is 0.718. The van der Waals surface area contributed by atoms with Gasteiger partial charge in [-0.25, -0.2) is 4.68 Å². The maximum absolute atomic E-state index is 13.3. The van der Waals surface area contributed by atoms with Gasteiger partial charge in [0.15, 0.2) is 5.69 Å². The predicted octanol–water partition coefficient (Wildman–Crippen LogP) is 3.38. The fourth-order valence-electron chi connectivity index (χ4n) is 2.86. The van der Waals surface area contributed by atoms with Crippen molar-refractivity contribution in [3.8, 4) is 0 Å². The van der Waals surface area contributed by atoms with Crippen LogP contribution in [0.4, 0.5) is 5.69 Å². The number of anilines is 1. The van der Waals surface area contributed by atoms with Gasteiger partial charge in [-0.3, -0.25) is 9.59 Å². The van der Waals surface area contributed by atoms with E-state index in [2.05, 4.69) is 12.0 Å². The zero-order chi connectivity index (χ0) is 17.8. The van der Waals surface area contributed by atoms with Crippen molar-refractivity contribution in [2.45, 2.75) is 19.8 Å². The number of carbonyl (C=O) groups excluding carboxylic acids is 1. The Bertz CT molecular complexity index is 948. The molecule has 0 aliphatic heterocycles. The lowest BCUT2D eigenvalue weighted by molar-refractivity contribution is 0.0981. The molecule has 1 heterocycles. The van der Waals surface area contributed by atoms with Crippen molar-refractivity contribution in [1.82, 2.24) is 9.78 Å². The molecule has 0 atom stereocenters. The van der Waals surface area contributed by atoms with Crippen molar-refractivity contribution < 1.29 is 4.79 Å². The Morgan fingerprint density at radius 2 is 1.68 bits per heavy atom. The average molecular weight is 335 g/mol. The van der Waals surface area contributed by atoms with Crippen LogP contribution in [0.5, 0.6) is 0 Å². The first-order valence-corrected chi connectivity index (χ1v) is 8.46. The van der Waals surface area contributed by atoms with Gasteiger partial charge in [-0.15, -0.1) is 0 Å². The smallest absolute Gasteiger partial charge is 0.279 e. The molecule has 1 amide bonds. The summed E-state index contributed by atoms with van der Waals surface area (Å²) in [7, 11) is 1.57. The van der Waals surface area contributed by atoms with E-state index in [0.29, 0.717) is 23.0 Å². The Morgan fingerprint density at radius 3 is 2.36 bits per heavy atom. The van der Waals surface area contributed by atoms with E-state index >= 15 is 0 Å². The van der Waals surface area contributed by atoms with Crippen molar-refractivity contribution >= 4 is 22.4 Å². The van der Waals surface area contributed by atoms with Crippen molar-refractivity contribution in [2.24, 2.45) is 7.05 Å². The number of aromatic nitrogens is 2. The minimum Gasteiger partial charge on any atom is -0.307 e. The summed E-state index contributed by atoms with van der Waals surface area (Å²) in [5, 5.41) is 5.37. The third-order valence-electron chi connectivity index (χ3n) is 4.21. The van der Waals surface area contributed by atoms with Gasteiger partial charge in [0.2, 0.25) is 0 Å². The molecule has 0 N–H and O–H groups in total. The third kappa shape index (κ3) is 3.31. The van der Waals surface area contributed by atoms with E-state index < -0.39 is 0 Å². The molecule has 5 nitrogen and oxygen atoms in total. The summed E-state index contributed by atoms with van der Waals surface area (Å²) in [6.07, 6.45) is 1.88. The maximum Gasteiger partial charge on any atom is 0.279 e. The topological polar surface area (TPSA) is 55.2 Å². The zero-order valence-corrected chi connectivity index (χ0v) is 14.5. The predicted molar refractivity (Wildman–Crippen MR) is 100 cm³/mol. The molecule has 0 spiro atoms. The number of fused-ring (bicyclic) bond motifs is 1. The molecule has 0 fully saturated rings. The van der Waals surface area contributed by atoms with Gasteiger partial charge < -0.3 is 4.90 Å². The summed E-state index contributed by atoms with van der Waals surface area (Å²) in [5.41, 5.74) is 0.935. The molecule has 0 radical (unpaired) electrons. The largest absolute Gasteiger partial charge is 0.307 e. The van der Waals surface area contributed by atoms with Crippen molar-refractivity contribution in [3.63, 3.8) is 0 Å². The standard InChI is InChI=1S/C20H21N3O2/c1-3-4-14-23(15-10-6-5-7-11-15)20(25)18-16-12-8-9-13-17(16)19(24)22(2)21-18/h5-13H,3-4,14H2,1-2H3. The number of rotatable bonds is 5. The van der Waals surface area contributed by atoms with Crippen LogP contribution in [0.1, 0.15) is 30.3 Å². The van der Waals surface area contributed by atoms with Gasteiger partial charge in [0, 0.05) is 24.7 Å². The second kappa shape index (κ2) is 7.30. The molecule has 1 aromatic heterocycles. The molecule has 2 aromatic carbocycles. The maximum atomic E-state index is 13.3. The molecule has 0 saturated heterocycles. The Balaban J connectivity index is 2.13. The molecule has 0 saturated carbocycles. The first-order valence-electron chi connectivity index (χ1n) is 8.46. The fourth-order valence-corrected chi connectivity index (χ4v) is 2.86. The highest BCUT2D eigenvalue weighted by Crippen LogP contribution is 2.20. The zero-order valence-electron chi connectivity index (χ0n) is 14.5. The molecule has 0 aliphatic rings. The first kappa shape index (κ1) is 16.9. The Labute approximate surface area is 146 Å². The summed E-state index contributed by atoms with van der Waals surface area (Å²) in [4.78, 5) is 27.3. The van der Waals surface area contributed by atoms with Gasteiger partial charge >= 0.3 is 0 Å². The number of para-hydroxylation sites is 1. The normalized spacial score (nSPS) is 10.8. The van der Waals surface area contributed by atoms with Crippen molar-refractivity contribution in [1.29, 1.82) is 0 Å². The Kier molecular flexibility index (Phi) is 4.93. The lowest BCUT2D eigenvalue weighted by Gasteiger charge is -2.23. The molecular weight excluding hydrogens is 314 g/mol. The minimum absolute atomic E-state index is 0.188. The van der Waals surface area contributed by atoms with E-state index in [1.165, 1.54) is 4.68 Å². The van der Waals surface area contributed by atoms with E-state index in [-0.39, 0.29) is 11.5 Å². The van der Waals surface area contributed by atoms with Crippen molar-refractivity contribution in [2.75, 3.05) is 11.4 Å². The van der Waals surface area contributed by atoms with Gasteiger partial charge in [-0.2, -0.15) is 5.10 Å². The van der Waals surface area contributed by atoms with E-state index in [4.69, 9.17) is 0 Å². The third-order valence-corrected chi connectivity index (χ3v) is 4.21. The van der Waals surface area contributed by atoms with Crippen LogP contribution in [0.2, 0.25) is 0 Å². The van der Waals surface area contributed by atoms with Crippen LogP contribution in [0.25, 0.3) is 10.8 Å². The monoisotopic (exact) mass is 335 g/mol. The van der Waals surface area contributed by atoms with Crippen LogP contribution >= 0.6 is 0 Å². The van der Waals surface area contributed by atoms with Crippen molar-refractivity contribution in [3.05, 3.63) is 70.6 Å². The number of nitrogens with zero attached hydrogens (tertiary/aromatic N) is 3. The van der Waals surface area contributed by atoms with Gasteiger partial charge in [0.1, 0.15) is 0 Å². The number of hydrogen-bond acceptors (Lipinski definition) is 3. The summed E-state index contributed by atoms with van der Waals surface area (Å²) in [5.74, 6) is -0.188. The highest BCUT2D eigenvalue weighted by molar-refractivity contribution is 6.12. The average Bonchev–Trinajstić information content (AvgIpc) is 2.65. The molecule has 3 rings (SSSR count). The van der Waals surface area contributed by atoms with Gasteiger partial charge in [-0.1, -0.05) is 49.7 Å². The molecule has 0 bridgehead atoms. The summed E-state index contributed by atoms with van der Waals surface area (Å²) in [6.45, 7) is 2.70. The lowest BCUT2D eigenvalue weighted by atomic mass is 10.1. The van der Waals surface area contributed by atoms with Crippen LogP contribution in [0.3, 0.4) is 0 Å². The van der Waals surface area contributed by atoms with Crippen LogP contribution < -0.4 is 10.5 Å². The number of aryl methyl sites for hydroxylation is 1. The summed E-state index contributed by atoms with van der Waals surface area (Å²) < 4.78 is 1.23. The minimum atomic E-state index is -0.202. The number of benzene rings is 2. The molecule has 128 valence electrons. The van der Waals surface area contributed by atoms with Gasteiger partial charge in [-0.05, 0) is 24.6 Å². The molecular formula is C20H21N3O2. The SMILES string of the molecule is CCCCN(C(=O)c1nn(C)c(=O)c2ccccc12)c1ccccc1. The van der Waals surface area contributed by atoms with E-state index in [9.17, 15) is 9.59 Å². The van der Waals surface area contributed by atoms with E-state index in [1.54, 1.807) is 30.1 Å². The van der Waals surface area contributed by atoms with Crippen LogP contribution in [-0.4, -0.2) is 22.2 Å². The van der Waals surface area contributed by atoms with Crippen LogP contribution in [0, 0.1) is 0 Å².